The first-order valence-electron chi connectivity index (χ1n) is 4.50. The molecule has 5 heteroatoms. The lowest BCUT2D eigenvalue weighted by Gasteiger charge is -2.03. The van der Waals surface area contributed by atoms with Crippen LogP contribution in [0.15, 0.2) is 30.3 Å². The second-order valence-corrected chi connectivity index (χ2v) is 4.67. The number of rotatable bonds is 4. The summed E-state index contributed by atoms with van der Waals surface area (Å²) in [7, 11) is 0. The van der Waals surface area contributed by atoms with Crippen LogP contribution < -0.4 is 4.74 Å². The Morgan fingerprint density at radius 1 is 1.27 bits per heavy atom. The van der Waals surface area contributed by atoms with Crippen molar-refractivity contribution in [1.82, 2.24) is 9.36 Å². The van der Waals surface area contributed by atoms with Crippen molar-refractivity contribution >= 4 is 34.1 Å². The third-order valence-electron chi connectivity index (χ3n) is 1.77. The number of hydrogen-bond acceptors (Lipinski definition) is 4. The van der Waals surface area contributed by atoms with Gasteiger partial charge in [-0.3, -0.25) is 0 Å². The molecule has 0 amide bonds. The molecule has 0 radical (unpaired) electrons. The summed E-state index contributed by atoms with van der Waals surface area (Å²) < 4.78 is 10.5. The predicted octanol–water partition coefficient (Wildman–Crippen LogP) is 2.76. The van der Waals surface area contributed by atoms with Gasteiger partial charge in [-0.1, -0.05) is 18.2 Å². The fraction of sp³-hybridized carbons (Fsp3) is 0.200. The van der Waals surface area contributed by atoms with Crippen molar-refractivity contribution in [2.75, 3.05) is 6.61 Å². The second kappa shape index (κ2) is 5.41. The molecular weight excluding hydrogens is 323 g/mol. The smallest absolute Gasteiger partial charge is 0.203 e. The number of halogens is 1. The van der Waals surface area contributed by atoms with Crippen molar-refractivity contribution in [3.05, 3.63) is 39.2 Å². The standard InChI is InChI=1S/C10H9IN2OS/c11-10-12-9(15-13-10)6-7-14-8-4-2-1-3-5-8/h1-5H,6-7H2. The fourth-order valence-electron chi connectivity index (χ4n) is 1.11. The Bertz CT molecular complexity index is 418. The first-order valence-corrected chi connectivity index (χ1v) is 6.36. The molecule has 1 aromatic carbocycles. The van der Waals surface area contributed by atoms with Crippen molar-refractivity contribution in [2.24, 2.45) is 0 Å². The normalized spacial score (nSPS) is 10.2. The lowest BCUT2D eigenvalue weighted by Crippen LogP contribution is -2.00. The summed E-state index contributed by atoms with van der Waals surface area (Å²) in [6.45, 7) is 0.648. The highest BCUT2D eigenvalue weighted by molar-refractivity contribution is 14.1. The van der Waals surface area contributed by atoms with Crippen LogP contribution in [-0.4, -0.2) is 16.0 Å². The summed E-state index contributed by atoms with van der Waals surface area (Å²) in [5.74, 6) is 0.900. The maximum absolute atomic E-state index is 5.56. The van der Waals surface area contributed by atoms with E-state index in [1.54, 1.807) is 0 Å². The summed E-state index contributed by atoms with van der Waals surface area (Å²) in [6.07, 6.45) is 0.815. The third-order valence-corrected chi connectivity index (χ3v) is 3.35. The van der Waals surface area contributed by atoms with Crippen LogP contribution in [0.2, 0.25) is 0 Å². The van der Waals surface area contributed by atoms with Crippen molar-refractivity contribution < 1.29 is 4.74 Å². The van der Waals surface area contributed by atoms with E-state index in [0.717, 1.165) is 21.0 Å². The Kier molecular flexibility index (Phi) is 3.90. The molecule has 0 unspecified atom stereocenters. The lowest BCUT2D eigenvalue weighted by atomic mass is 10.3. The molecule has 0 bridgehead atoms. The SMILES string of the molecule is Ic1nsc(CCOc2ccccc2)n1. The van der Waals surface area contributed by atoms with Crippen LogP contribution in [-0.2, 0) is 6.42 Å². The number of aromatic nitrogens is 2. The molecule has 15 heavy (non-hydrogen) atoms. The van der Waals surface area contributed by atoms with Gasteiger partial charge in [0.25, 0.3) is 0 Å². The van der Waals surface area contributed by atoms with Crippen molar-refractivity contribution in [3.8, 4) is 5.75 Å². The van der Waals surface area contributed by atoms with Crippen LogP contribution >= 0.6 is 34.1 Å². The first kappa shape index (κ1) is 10.8. The average molecular weight is 332 g/mol. The Morgan fingerprint density at radius 3 is 2.73 bits per heavy atom. The van der Waals surface area contributed by atoms with Gasteiger partial charge < -0.3 is 4.74 Å². The van der Waals surface area contributed by atoms with Crippen molar-refractivity contribution in [1.29, 1.82) is 0 Å². The highest BCUT2D eigenvalue weighted by Gasteiger charge is 2.01. The molecule has 3 nitrogen and oxygen atoms in total. The molecule has 0 saturated carbocycles. The van der Waals surface area contributed by atoms with E-state index >= 15 is 0 Å². The van der Waals surface area contributed by atoms with Crippen LogP contribution in [0.4, 0.5) is 0 Å². The van der Waals surface area contributed by atoms with Crippen LogP contribution in [0.25, 0.3) is 0 Å². The number of nitrogens with zero attached hydrogens (tertiary/aromatic N) is 2. The molecule has 0 aliphatic heterocycles. The molecule has 1 heterocycles. The average Bonchev–Trinajstić information content (AvgIpc) is 2.66. The molecule has 0 saturated heterocycles. The van der Waals surface area contributed by atoms with Crippen molar-refractivity contribution in [3.63, 3.8) is 0 Å². The number of para-hydroxylation sites is 1. The van der Waals surface area contributed by atoms with E-state index < -0.39 is 0 Å². The van der Waals surface area contributed by atoms with E-state index in [1.807, 2.05) is 30.3 Å². The van der Waals surface area contributed by atoms with Gasteiger partial charge in [0, 0.05) is 29.0 Å². The lowest BCUT2D eigenvalue weighted by molar-refractivity contribution is 0.321. The second-order valence-electron chi connectivity index (χ2n) is 2.87. The topological polar surface area (TPSA) is 35.0 Å². The maximum atomic E-state index is 5.56. The van der Waals surface area contributed by atoms with Gasteiger partial charge in [0.1, 0.15) is 10.8 Å². The van der Waals surface area contributed by atoms with E-state index in [-0.39, 0.29) is 0 Å². The third kappa shape index (κ3) is 3.42. The molecule has 2 aromatic rings. The summed E-state index contributed by atoms with van der Waals surface area (Å²) in [5, 5.41) is 1.02. The van der Waals surface area contributed by atoms with Gasteiger partial charge >= 0.3 is 0 Å². The van der Waals surface area contributed by atoms with Crippen LogP contribution in [0, 0.1) is 3.83 Å². The fourth-order valence-corrected chi connectivity index (χ4v) is 2.38. The summed E-state index contributed by atoms with van der Waals surface area (Å²) in [4.78, 5) is 4.26. The summed E-state index contributed by atoms with van der Waals surface area (Å²) in [5.41, 5.74) is 0. The number of hydrogen-bond donors (Lipinski definition) is 0. The minimum Gasteiger partial charge on any atom is -0.493 e. The van der Waals surface area contributed by atoms with Gasteiger partial charge in [-0.25, -0.2) is 4.98 Å². The molecule has 78 valence electrons. The molecule has 1 aromatic heterocycles. The first-order chi connectivity index (χ1) is 7.34. The predicted molar refractivity (Wildman–Crippen MR) is 68.3 cm³/mol. The summed E-state index contributed by atoms with van der Waals surface area (Å²) in [6, 6.07) is 9.79. The van der Waals surface area contributed by atoms with Crippen LogP contribution in [0.3, 0.4) is 0 Å². The van der Waals surface area contributed by atoms with Gasteiger partial charge in [0.15, 0.2) is 0 Å². The molecule has 2 rings (SSSR count). The molecule has 0 atom stereocenters. The van der Waals surface area contributed by atoms with Gasteiger partial charge in [-0.2, -0.15) is 4.37 Å². The van der Waals surface area contributed by atoms with Gasteiger partial charge in [0.2, 0.25) is 3.83 Å². The molecule has 0 N–H and O–H groups in total. The van der Waals surface area contributed by atoms with Gasteiger partial charge in [-0.15, -0.1) is 0 Å². The monoisotopic (exact) mass is 332 g/mol. The Morgan fingerprint density at radius 2 is 2.07 bits per heavy atom. The van der Waals surface area contributed by atoms with Gasteiger partial charge in [0.05, 0.1) is 6.61 Å². The van der Waals surface area contributed by atoms with E-state index in [9.17, 15) is 0 Å². The maximum Gasteiger partial charge on any atom is 0.203 e. The van der Waals surface area contributed by atoms with E-state index in [2.05, 4.69) is 31.9 Å². The van der Waals surface area contributed by atoms with E-state index in [4.69, 9.17) is 4.74 Å². The zero-order valence-electron chi connectivity index (χ0n) is 7.89. The largest absolute Gasteiger partial charge is 0.493 e. The quantitative estimate of drug-likeness (QED) is 0.808. The zero-order valence-corrected chi connectivity index (χ0v) is 10.9. The molecule has 0 aliphatic carbocycles. The zero-order chi connectivity index (χ0) is 10.5. The Balaban J connectivity index is 1.80. The van der Waals surface area contributed by atoms with E-state index in [0.29, 0.717) is 6.61 Å². The molecule has 0 aliphatic rings. The molecular formula is C10H9IN2OS. The van der Waals surface area contributed by atoms with Crippen LogP contribution in [0.1, 0.15) is 5.01 Å². The summed E-state index contributed by atoms with van der Waals surface area (Å²) >= 11 is 3.55. The highest BCUT2D eigenvalue weighted by Crippen LogP contribution is 2.11. The van der Waals surface area contributed by atoms with Crippen molar-refractivity contribution in [2.45, 2.75) is 6.42 Å². The van der Waals surface area contributed by atoms with E-state index in [1.165, 1.54) is 11.5 Å². The van der Waals surface area contributed by atoms with Crippen LogP contribution in [0.5, 0.6) is 5.75 Å². The Labute approximate surface area is 106 Å². The number of ether oxygens (including phenoxy) is 1. The molecule has 0 fully saturated rings. The minimum atomic E-state index is 0.648. The minimum absolute atomic E-state index is 0.648. The highest BCUT2D eigenvalue weighted by atomic mass is 127. The van der Waals surface area contributed by atoms with Gasteiger partial charge in [-0.05, 0) is 23.7 Å². The number of benzene rings is 1. The molecule has 0 spiro atoms. The Hall–Kier alpha value is -0.690.